The number of imidazole rings is 1. The van der Waals surface area contributed by atoms with Gasteiger partial charge in [0.2, 0.25) is 5.91 Å². The van der Waals surface area contributed by atoms with Crippen LogP contribution >= 0.6 is 0 Å². The summed E-state index contributed by atoms with van der Waals surface area (Å²) in [5.74, 6) is -1.17. The first-order chi connectivity index (χ1) is 19.9. The van der Waals surface area contributed by atoms with E-state index in [-0.39, 0.29) is 17.4 Å². The topological polar surface area (TPSA) is 41.4 Å². The zero-order chi connectivity index (χ0) is 28.8. The van der Waals surface area contributed by atoms with Gasteiger partial charge in [-0.3, -0.25) is 9.69 Å². The third-order valence-electron chi connectivity index (χ3n) is 7.64. The molecular weight excluding hydrogens is 518 g/mol. The van der Waals surface area contributed by atoms with E-state index in [1.807, 2.05) is 18.2 Å². The van der Waals surface area contributed by atoms with Crippen molar-refractivity contribution < 1.29 is 13.6 Å². The summed E-state index contributed by atoms with van der Waals surface area (Å²) in [5, 5.41) is 0. The monoisotopic (exact) mass is 556 g/mol. The van der Waals surface area contributed by atoms with Gasteiger partial charge >= 0.3 is 0 Å². The van der Waals surface area contributed by atoms with E-state index in [9.17, 15) is 13.6 Å². The number of carbonyl (C=O) groups excluding carboxylic acids is 1. The van der Waals surface area contributed by atoms with Crippen LogP contribution in [0.1, 0.15) is 55.6 Å². The van der Waals surface area contributed by atoms with E-state index in [1.165, 1.54) is 54.7 Å². The summed E-state index contributed by atoms with van der Waals surface area (Å²) in [7, 11) is 0. The number of hydrogen-bond donors (Lipinski definition) is 0. The summed E-state index contributed by atoms with van der Waals surface area (Å²) < 4.78 is 30.1. The van der Waals surface area contributed by atoms with Gasteiger partial charge in [0.15, 0.2) is 11.6 Å². The second-order valence-electron chi connectivity index (χ2n) is 11.3. The van der Waals surface area contributed by atoms with Crippen LogP contribution in [0.2, 0.25) is 0 Å². The van der Waals surface area contributed by atoms with Crippen LogP contribution in [0.3, 0.4) is 0 Å². The summed E-state index contributed by atoms with van der Waals surface area (Å²) in [6, 6.07) is 20.6. The van der Waals surface area contributed by atoms with Crippen molar-refractivity contribution in [2.75, 3.05) is 19.6 Å². The minimum absolute atomic E-state index is 0.0420. The zero-order valence-corrected chi connectivity index (χ0v) is 23.9. The molecule has 1 aromatic heterocycles. The third kappa shape index (κ3) is 7.09. The normalized spacial score (nSPS) is 14.4. The van der Waals surface area contributed by atoms with E-state index in [4.69, 9.17) is 4.98 Å². The molecule has 0 unspecified atom stereocenters. The number of carbonyl (C=O) groups is 1. The van der Waals surface area contributed by atoms with Gasteiger partial charge in [0.25, 0.3) is 0 Å². The van der Waals surface area contributed by atoms with Crippen LogP contribution in [-0.4, -0.2) is 44.9 Å². The van der Waals surface area contributed by atoms with E-state index in [1.54, 1.807) is 4.90 Å². The van der Waals surface area contributed by atoms with Crippen LogP contribution in [0.4, 0.5) is 8.78 Å². The highest BCUT2D eigenvalue weighted by atomic mass is 19.2. The Morgan fingerprint density at radius 3 is 2.39 bits per heavy atom. The molecule has 5 nitrogen and oxygen atoms in total. The van der Waals surface area contributed by atoms with Gasteiger partial charge in [-0.1, -0.05) is 68.8 Å². The molecule has 0 aliphatic carbocycles. The fraction of sp³-hybridized carbons (Fsp3) is 0.353. The Morgan fingerprint density at radius 2 is 1.63 bits per heavy atom. The molecule has 5 rings (SSSR count). The first kappa shape index (κ1) is 28.7. The maximum absolute atomic E-state index is 14.2. The summed E-state index contributed by atoms with van der Waals surface area (Å²) in [6.07, 6.45) is 6.46. The molecule has 1 aliphatic heterocycles. The Labute approximate surface area is 241 Å². The Kier molecular flexibility index (Phi) is 9.24. The van der Waals surface area contributed by atoms with Crippen LogP contribution in [0.15, 0.2) is 72.8 Å². The lowest BCUT2D eigenvalue weighted by molar-refractivity contribution is -0.127. The summed E-state index contributed by atoms with van der Waals surface area (Å²) in [6.45, 7) is 8.75. The van der Waals surface area contributed by atoms with Crippen molar-refractivity contribution in [3.63, 3.8) is 0 Å². The van der Waals surface area contributed by atoms with Crippen LogP contribution in [0.25, 0.3) is 17.1 Å². The first-order valence-corrected chi connectivity index (χ1v) is 14.5. The Hall–Kier alpha value is -3.84. The zero-order valence-electron chi connectivity index (χ0n) is 23.9. The molecule has 1 fully saturated rings. The van der Waals surface area contributed by atoms with E-state index < -0.39 is 11.6 Å². The lowest BCUT2D eigenvalue weighted by Crippen LogP contribution is -2.33. The number of fused-ring (bicyclic) bond motifs is 1. The minimum Gasteiger partial charge on any atom is -0.331 e. The molecular formula is C34H38F2N4O. The predicted molar refractivity (Wildman–Crippen MR) is 160 cm³/mol. The van der Waals surface area contributed by atoms with Gasteiger partial charge in [-0.2, -0.15) is 0 Å². The van der Waals surface area contributed by atoms with Crippen molar-refractivity contribution in [2.24, 2.45) is 5.92 Å². The number of para-hydroxylation sites is 2. The third-order valence-corrected chi connectivity index (χ3v) is 7.64. The molecule has 1 amide bonds. The molecule has 1 aliphatic rings. The highest BCUT2D eigenvalue weighted by Crippen LogP contribution is 2.23. The average Bonchev–Trinajstić information content (AvgIpc) is 3.31. The molecule has 0 saturated carbocycles. The Balaban J connectivity index is 1.44. The van der Waals surface area contributed by atoms with Crippen molar-refractivity contribution >= 4 is 23.0 Å². The molecule has 0 bridgehead atoms. The summed E-state index contributed by atoms with van der Waals surface area (Å²) >= 11 is 0. The average molecular weight is 557 g/mol. The molecule has 2 heterocycles. The molecule has 214 valence electrons. The van der Waals surface area contributed by atoms with Gasteiger partial charge < -0.3 is 9.47 Å². The molecule has 3 aromatic carbocycles. The van der Waals surface area contributed by atoms with Crippen LogP contribution in [0.5, 0.6) is 0 Å². The van der Waals surface area contributed by atoms with Gasteiger partial charge in [0, 0.05) is 31.3 Å². The number of hydrogen-bond acceptors (Lipinski definition) is 3. The quantitative estimate of drug-likeness (QED) is 0.197. The largest absolute Gasteiger partial charge is 0.331 e. The number of halogens is 2. The van der Waals surface area contributed by atoms with Gasteiger partial charge in [-0.05, 0) is 67.3 Å². The maximum atomic E-state index is 14.2. The van der Waals surface area contributed by atoms with Gasteiger partial charge in [-0.15, -0.1) is 0 Å². The highest BCUT2D eigenvalue weighted by molar-refractivity contribution is 5.91. The van der Waals surface area contributed by atoms with E-state index in [2.05, 4.69) is 53.6 Å². The number of likely N-dealkylation sites (tertiary alicyclic amines) is 1. The van der Waals surface area contributed by atoms with E-state index in [0.717, 1.165) is 42.6 Å². The second-order valence-corrected chi connectivity index (χ2v) is 11.3. The molecule has 0 radical (unpaired) electrons. The predicted octanol–water partition coefficient (Wildman–Crippen LogP) is 7.05. The van der Waals surface area contributed by atoms with Crippen molar-refractivity contribution in [3.05, 3.63) is 107 Å². The second kappa shape index (κ2) is 13.2. The fourth-order valence-corrected chi connectivity index (χ4v) is 5.58. The summed E-state index contributed by atoms with van der Waals surface area (Å²) in [4.78, 5) is 22.6. The minimum atomic E-state index is -0.961. The molecule has 4 aromatic rings. The first-order valence-electron chi connectivity index (χ1n) is 14.5. The van der Waals surface area contributed by atoms with E-state index >= 15 is 0 Å². The Morgan fingerprint density at radius 1 is 0.927 bits per heavy atom. The standard InChI is InChI=1S/C34H38F2N4O/c1-25(2)21-39(33(41)18-17-26-13-10-14-29(35)34(26)36)24-32-37-30-15-6-7-16-31(30)40(32)23-28-12-5-4-11-27(28)22-38-19-8-3-9-20-38/h4-7,10-18,25H,3,8-9,19-24H2,1-2H3. The van der Waals surface area contributed by atoms with Crippen LogP contribution in [0, 0.1) is 17.6 Å². The number of rotatable bonds is 10. The van der Waals surface area contributed by atoms with Crippen LogP contribution < -0.4 is 0 Å². The van der Waals surface area contributed by atoms with Crippen molar-refractivity contribution in [2.45, 2.75) is 52.7 Å². The van der Waals surface area contributed by atoms with Crippen molar-refractivity contribution in [1.29, 1.82) is 0 Å². The Bertz CT molecular complexity index is 1520. The lowest BCUT2D eigenvalue weighted by Gasteiger charge is -2.27. The smallest absolute Gasteiger partial charge is 0.246 e. The molecule has 0 N–H and O–H groups in total. The molecule has 0 spiro atoms. The number of aromatic nitrogens is 2. The molecule has 7 heteroatoms. The molecule has 41 heavy (non-hydrogen) atoms. The number of benzene rings is 3. The van der Waals surface area contributed by atoms with Crippen molar-refractivity contribution in [1.82, 2.24) is 19.4 Å². The fourth-order valence-electron chi connectivity index (χ4n) is 5.58. The maximum Gasteiger partial charge on any atom is 0.246 e. The number of piperidine rings is 1. The van der Waals surface area contributed by atoms with Gasteiger partial charge in [0.05, 0.1) is 17.6 Å². The van der Waals surface area contributed by atoms with Crippen molar-refractivity contribution in [3.8, 4) is 0 Å². The number of nitrogens with zero attached hydrogens (tertiary/aromatic N) is 4. The number of amides is 1. The lowest BCUT2D eigenvalue weighted by atomic mass is 10.0. The van der Waals surface area contributed by atoms with E-state index in [0.29, 0.717) is 19.6 Å². The SMILES string of the molecule is CC(C)CN(Cc1nc2ccccc2n1Cc1ccccc1CN1CCCCC1)C(=O)C=Cc1cccc(F)c1F. The summed E-state index contributed by atoms with van der Waals surface area (Å²) in [5.41, 5.74) is 4.49. The highest BCUT2D eigenvalue weighted by Gasteiger charge is 2.20. The molecule has 1 saturated heterocycles. The van der Waals surface area contributed by atoms with Crippen LogP contribution in [-0.2, 0) is 24.4 Å². The van der Waals surface area contributed by atoms with Gasteiger partial charge in [0.1, 0.15) is 5.82 Å². The van der Waals surface area contributed by atoms with Gasteiger partial charge in [-0.25, -0.2) is 13.8 Å². The molecule has 0 atom stereocenters.